The van der Waals surface area contributed by atoms with Gasteiger partial charge in [0.25, 0.3) is 0 Å². The standard InChI is InChI=1S/C24H34N4O2/c1-17(2)15-27-12-11-22-21(16-27)23(30-20-7-5-19(29-4)6-8-20)26-24(25-22)28-13-9-18(3)10-14-28/h5-8,17-18H,9-16H2,1-4H3. The highest BCUT2D eigenvalue weighted by molar-refractivity contribution is 5.44. The molecular weight excluding hydrogens is 376 g/mol. The van der Waals surface area contributed by atoms with Crippen LogP contribution in [0.25, 0.3) is 0 Å². The molecule has 0 amide bonds. The second-order valence-electron chi connectivity index (χ2n) is 9.08. The second kappa shape index (κ2) is 9.21. The first-order valence-corrected chi connectivity index (χ1v) is 11.2. The van der Waals surface area contributed by atoms with Crippen LogP contribution in [-0.4, -0.2) is 48.2 Å². The van der Waals surface area contributed by atoms with Crippen LogP contribution in [-0.2, 0) is 13.0 Å². The van der Waals surface area contributed by atoms with E-state index in [0.29, 0.717) is 11.8 Å². The summed E-state index contributed by atoms with van der Waals surface area (Å²) in [5.41, 5.74) is 2.27. The Kier molecular flexibility index (Phi) is 6.42. The fraction of sp³-hybridized carbons (Fsp3) is 0.583. The molecule has 0 unspecified atom stereocenters. The van der Waals surface area contributed by atoms with E-state index in [9.17, 15) is 0 Å². The number of hydrogen-bond acceptors (Lipinski definition) is 6. The molecule has 162 valence electrons. The Balaban J connectivity index is 1.64. The summed E-state index contributed by atoms with van der Waals surface area (Å²) < 4.78 is 11.6. The van der Waals surface area contributed by atoms with Gasteiger partial charge in [0.1, 0.15) is 11.5 Å². The van der Waals surface area contributed by atoms with Crippen LogP contribution < -0.4 is 14.4 Å². The van der Waals surface area contributed by atoms with Crippen LogP contribution in [0.4, 0.5) is 5.95 Å². The summed E-state index contributed by atoms with van der Waals surface area (Å²) >= 11 is 0. The quantitative estimate of drug-likeness (QED) is 0.697. The van der Waals surface area contributed by atoms with Gasteiger partial charge in [-0.2, -0.15) is 4.98 Å². The lowest BCUT2D eigenvalue weighted by molar-refractivity contribution is 0.220. The third-order valence-corrected chi connectivity index (χ3v) is 6.05. The SMILES string of the molecule is COc1ccc(Oc2nc(N3CCC(C)CC3)nc3c2CN(CC(C)C)CC3)cc1. The molecule has 30 heavy (non-hydrogen) atoms. The van der Waals surface area contributed by atoms with Crippen molar-refractivity contribution in [3.63, 3.8) is 0 Å². The lowest BCUT2D eigenvalue weighted by atomic mass is 9.99. The predicted octanol–water partition coefficient (Wildman–Crippen LogP) is 4.53. The summed E-state index contributed by atoms with van der Waals surface area (Å²) in [5.74, 6) is 4.52. The molecule has 3 heterocycles. The van der Waals surface area contributed by atoms with Crippen molar-refractivity contribution in [1.29, 1.82) is 0 Å². The van der Waals surface area contributed by atoms with Crippen molar-refractivity contribution in [2.45, 2.75) is 46.6 Å². The van der Waals surface area contributed by atoms with E-state index in [-0.39, 0.29) is 0 Å². The zero-order chi connectivity index (χ0) is 21.1. The number of nitrogens with zero attached hydrogens (tertiary/aromatic N) is 4. The van der Waals surface area contributed by atoms with Crippen LogP contribution in [0.15, 0.2) is 24.3 Å². The maximum Gasteiger partial charge on any atom is 0.228 e. The summed E-state index contributed by atoms with van der Waals surface area (Å²) in [6.45, 7) is 11.8. The monoisotopic (exact) mass is 410 g/mol. The van der Waals surface area contributed by atoms with Crippen LogP contribution in [0.5, 0.6) is 17.4 Å². The smallest absolute Gasteiger partial charge is 0.228 e. The summed E-state index contributed by atoms with van der Waals surface area (Å²) in [6, 6.07) is 7.70. The number of ether oxygens (including phenoxy) is 2. The minimum Gasteiger partial charge on any atom is -0.497 e. The van der Waals surface area contributed by atoms with E-state index in [1.54, 1.807) is 7.11 Å². The third kappa shape index (κ3) is 4.86. The van der Waals surface area contributed by atoms with E-state index in [1.165, 1.54) is 12.8 Å². The van der Waals surface area contributed by atoms with Gasteiger partial charge in [-0.1, -0.05) is 20.8 Å². The summed E-state index contributed by atoms with van der Waals surface area (Å²) in [7, 11) is 1.67. The number of methoxy groups -OCH3 is 1. The molecule has 1 fully saturated rings. The van der Waals surface area contributed by atoms with Gasteiger partial charge in [0.05, 0.1) is 18.4 Å². The van der Waals surface area contributed by atoms with Crippen LogP contribution in [0, 0.1) is 11.8 Å². The van der Waals surface area contributed by atoms with Gasteiger partial charge in [0, 0.05) is 39.1 Å². The maximum absolute atomic E-state index is 6.32. The minimum absolute atomic E-state index is 0.632. The fourth-order valence-corrected chi connectivity index (χ4v) is 4.29. The molecule has 0 radical (unpaired) electrons. The fourth-order valence-electron chi connectivity index (χ4n) is 4.29. The van der Waals surface area contributed by atoms with Gasteiger partial charge in [-0.3, -0.25) is 4.90 Å². The number of anilines is 1. The number of fused-ring (bicyclic) bond motifs is 1. The molecule has 1 saturated heterocycles. The van der Waals surface area contributed by atoms with Crippen LogP contribution in [0.2, 0.25) is 0 Å². The number of aromatic nitrogens is 2. The Hall–Kier alpha value is -2.34. The molecule has 2 aliphatic rings. The molecule has 1 aromatic heterocycles. The highest BCUT2D eigenvalue weighted by atomic mass is 16.5. The van der Waals surface area contributed by atoms with Gasteiger partial charge >= 0.3 is 0 Å². The average Bonchev–Trinajstić information content (AvgIpc) is 2.74. The lowest BCUT2D eigenvalue weighted by Gasteiger charge is -2.33. The van der Waals surface area contributed by atoms with E-state index in [4.69, 9.17) is 19.4 Å². The normalized spacial score (nSPS) is 17.8. The third-order valence-electron chi connectivity index (χ3n) is 6.05. The van der Waals surface area contributed by atoms with E-state index in [1.807, 2.05) is 24.3 Å². The molecule has 0 atom stereocenters. The topological polar surface area (TPSA) is 50.7 Å². The van der Waals surface area contributed by atoms with E-state index in [2.05, 4.69) is 30.6 Å². The van der Waals surface area contributed by atoms with Gasteiger partial charge in [0.15, 0.2) is 0 Å². The van der Waals surface area contributed by atoms with Crippen LogP contribution >= 0.6 is 0 Å². The Morgan fingerprint density at radius 1 is 1.03 bits per heavy atom. The molecule has 0 N–H and O–H groups in total. The van der Waals surface area contributed by atoms with Crippen molar-refractivity contribution in [2.75, 3.05) is 38.2 Å². The van der Waals surface area contributed by atoms with Crippen molar-refractivity contribution in [1.82, 2.24) is 14.9 Å². The molecular formula is C24H34N4O2. The second-order valence-corrected chi connectivity index (χ2v) is 9.08. The van der Waals surface area contributed by atoms with Crippen molar-refractivity contribution >= 4 is 5.95 Å². The number of piperidine rings is 1. The molecule has 2 aliphatic heterocycles. The van der Waals surface area contributed by atoms with Crippen LogP contribution in [0.1, 0.15) is 44.9 Å². The first-order valence-electron chi connectivity index (χ1n) is 11.2. The summed E-state index contributed by atoms with van der Waals surface area (Å²) in [6.07, 6.45) is 3.33. The molecule has 0 spiro atoms. The summed E-state index contributed by atoms with van der Waals surface area (Å²) in [5, 5.41) is 0. The molecule has 6 heteroatoms. The Bertz CT molecular complexity index is 845. The molecule has 0 aliphatic carbocycles. The van der Waals surface area contributed by atoms with Gasteiger partial charge in [0.2, 0.25) is 11.8 Å². The minimum atomic E-state index is 0.632. The number of rotatable bonds is 6. The Labute approximate surface area is 180 Å². The van der Waals surface area contributed by atoms with Gasteiger partial charge < -0.3 is 14.4 Å². The predicted molar refractivity (Wildman–Crippen MR) is 120 cm³/mol. The lowest BCUT2D eigenvalue weighted by Crippen LogP contribution is -2.37. The molecule has 6 nitrogen and oxygen atoms in total. The molecule has 2 aromatic rings. The average molecular weight is 411 g/mol. The maximum atomic E-state index is 6.32. The molecule has 4 rings (SSSR count). The van der Waals surface area contributed by atoms with Crippen molar-refractivity contribution in [3.8, 4) is 17.4 Å². The highest BCUT2D eigenvalue weighted by Gasteiger charge is 2.27. The first kappa shape index (κ1) is 20.9. The van der Waals surface area contributed by atoms with Gasteiger partial charge in [-0.15, -0.1) is 0 Å². The van der Waals surface area contributed by atoms with E-state index in [0.717, 1.165) is 73.8 Å². The number of hydrogen-bond donors (Lipinski definition) is 0. The van der Waals surface area contributed by atoms with Gasteiger partial charge in [-0.05, 0) is 48.9 Å². The molecule has 1 aromatic carbocycles. The van der Waals surface area contributed by atoms with E-state index < -0.39 is 0 Å². The van der Waals surface area contributed by atoms with Crippen LogP contribution in [0.3, 0.4) is 0 Å². The van der Waals surface area contributed by atoms with Gasteiger partial charge in [-0.25, -0.2) is 4.98 Å². The zero-order valence-corrected chi connectivity index (χ0v) is 18.7. The number of benzene rings is 1. The molecule has 0 saturated carbocycles. The van der Waals surface area contributed by atoms with Crippen molar-refractivity contribution in [2.24, 2.45) is 11.8 Å². The van der Waals surface area contributed by atoms with Crippen molar-refractivity contribution < 1.29 is 9.47 Å². The molecule has 0 bridgehead atoms. The first-order chi connectivity index (χ1) is 14.5. The Morgan fingerprint density at radius 3 is 2.40 bits per heavy atom. The largest absolute Gasteiger partial charge is 0.497 e. The highest BCUT2D eigenvalue weighted by Crippen LogP contribution is 2.33. The Morgan fingerprint density at radius 2 is 1.73 bits per heavy atom. The summed E-state index contributed by atoms with van der Waals surface area (Å²) in [4.78, 5) is 14.7. The van der Waals surface area contributed by atoms with Crippen molar-refractivity contribution in [3.05, 3.63) is 35.5 Å². The van der Waals surface area contributed by atoms with E-state index >= 15 is 0 Å². The zero-order valence-electron chi connectivity index (χ0n) is 18.7.